The van der Waals surface area contributed by atoms with Crippen LogP contribution in [0.3, 0.4) is 0 Å². The Morgan fingerprint density at radius 2 is 1.89 bits per heavy atom. The van der Waals surface area contributed by atoms with Crippen molar-refractivity contribution in [3.63, 3.8) is 0 Å². The summed E-state index contributed by atoms with van der Waals surface area (Å²) in [6.07, 6.45) is 1.19. The number of nitrogens with two attached hydrogens (primary N) is 1. The van der Waals surface area contributed by atoms with Gasteiger partial charge in [0.2, 0.25) is 11.8 Å². The van der Waals surface area contributed by atoms with Crippen LogP contribution in [0.2, 0.25) is 0 Å². The number of anilines is 2. The molecular weight excluding hydrogens is 474 g/mol. The van der Waals surface area contributed by atoms with E-state index in [-0.39, 0.29) is 53.5 Å². The molecule has 1 aliphatic rings. The number of hydrogen-bond acceptors (Lipinski definition) is 10. The Morgan fingerprint density at radius 3 is 2.65 bits per heavy atom. The molecule has 0 spiro atoms. The van der Waals surface area contributed by atoms with Gasteiger partial charge in [-0.15, -0.1) is 5.10 Å². The molecule has 0 bridgehead atoms. The number of nitrogen functional groups attached to an aromatic ring is 1. The maximum Gasteiger partial charge on any atom is 0.225 e. The van der Waals surface area contributed by atoms with Gasteiger partial charge in [-0.25, -0.2) is 9.67 Å². The molecule has 0 atom stereocenters. The fraction of sp³-hybridized carbons (Fsp3) is 0.360. The van der Waals surface area contributed by atoms with Crippen molar-refractivity contribution in [3.05, 3.63) is 48.8 Å². The second-order valence-electron chi connectivity index (χ2n) is 7.92. The van der Waals surface area contributed by atoms with Crippen LogP contribution in [0.1, 0.15) is 12.3 Å². The highest BCUT2D eigenvalue weighted by Gasteiger charge is 2.20. The second-order valence-corrected chi connectivity index (χ2v) is 7.92. The maximum absolute atomic E-state index is 8.80. The van der Waals surface area contributed by atoms with Crippen molar-refractivity contribution in [2.24, 2.45) is 0 Å². The monoisotopic (exact) mass is 512 g/mol. The van der Waals surface area contributed by atoms with Gasteiger partial charge in [0, 0.05) is 50.8 Å². The number of rotatable bonds is 9. The maximum atomic E-state index is 8.80. The topological polar surface area (TPSA) is 125 Å². The zero-order chi connectivity index (χ0) is 33.2. The number of furan rings is 1. The molecule has 1 aliphatic heterocycles. The summed E-state index contributed by atoms with van der Waals surface area (Å²) in [5.74, 6) is 0.835. The van der Waals surface area contributed by atoms with Gasteiger partial charge in [0.1, 0.15) is 12.4 Å². The number of nitrogens with zero attached hydrogens (tertiary/aromatic N) is 8. The first-order chi connectivity index (χ1) is 21.6. The van der Waals surface area contributed by atoms with E-state index < -0.39 is 32.5 Å². The molecule has 5 heterocycles. The van der Waals surface area contributed by atoms with Crippen molar-refractivity contribution in [1.82, 2.24) is 34.3 Å². The second kappa shape index (κ2) is 10.1. The zero-order valence-corrected chi connectivity index (χ0v) is 19.7. The summed E-state index contributed by atoms with van der Waals surface area (Å²) >= 11 is 0. The number of aromatic nitrogens is 6. The van der Waals surface area contributed by atoms with Gasteiger partial charge in [-0.1, -0.05) is 0 Å². The minimum absolute atomic E-state index is 0.0759. The quantitative estimate of drug-likeness (QED) is 0.294. The molecular formula is C25H29N9O3. The molecule has 1 saturated heterocycles. The molecule has 5 aromatic rings. The third kappa shape index (κ3) is 4.68. The average Bonchev–Trinajstić information content (AvgIpc) is 3.73. The Kier molecular flexibility index (Phi) is 4.13. The summed E-state index contributed by atoms with van der Waals surface area (Å²) in [5, 5.41) is 8.63. The van der Waals surface area contributed by atoms with Crippen LogP contribution in [0.25, 0.3) is 28.3 Å². The third-order valence-corrected chi connectivity index (χ3v) is 5.54. The minimum atomic E-state index is -3.08. The predicted octanol–water partition coefficient (Wildman–Crippen LogP) is 2.16. The predicted molar refractivity (Wildman–Crippen MR) is 139 cm³/mol. The minimum Gasteiger partial charge on any atom is -0.491 e. The largest absolute Gasteiger partial charge is 0.491 e. The van der Waals surface area contributed by atoms with Gasteiger partial charge in [-0.2, -0.15) is 14.6 Å². The average molecular weight is 513 g/mol. The van der Waals surface area contributed by atoms with E-state index in [2.05, 4.69) is 20.2 Å². The highest BCUT2D eigenvalue weighted by molar-refractivity contribution is 5.90. The van der Waals surface area contributed by atoms with Gasteiger partial charge in [0.05, 0.1) is 37.8 Å². The van der Waals surface area contributed by atoms with E-state index in [9.17, 15) is 0 Å². The molecule has 2 N–H and O–H groups in total. The normalized spacial score (nSPS) is 23.7. The molecule has 0 radical (unpaired) electrons. The van der Waals surface area contributed by atoms with Crippen molar-refractivity contribution >= 4 is 28.3 Å². The van der Waals surface area contributed by atoms with Crippen molar-refractivity contribution in [2.75, 3.05) is 63.5 Å². The number of fused-ring (bicyclic) bond motifs is 3. The first kappa shape index (κ1) is 15.2. The SMILES string of the molecule is [2H]c1nn(CCN2C([2H])([2H])C([2H])([2H])N(c3ccc(OCCOC)cc3)C([2H])([2H])C2([2H])[2H])c2nc(N)n3nc(-c4ccco4)nc3c12. The molecule has 0 aliphatic carbocycles. The van der Waals surface area contributed by atoms with Crippen LogP contribution < -0.4 is 15.4 Å². The van der Waals surface area contributed by atoms with Crippen molar-refractivity contribution in [2.45, 2.75) is 6.54 Å². The van der Waals surface area contributed by atoms with Crippen molar-refractivity contribution in [1.29, 1.82) is 0 Å². The Labute approximate surface area is 225 Å². The van der Waals surface area contributed by atoms with E-state index in [1.54, 1.807) is 12.1 Å². The van der Waals surface area contributed by atoms with Crippen LogP contribution in [0.5, 0.6) is 5.75 Å². The summed E-state index contributed by atoms with van der Waals surface area (Å²) in [7, 11) is 1.52. The van der Waals surface area contributed by atoms with Crippen LogP contribution in [0, 0.1) is 0 Å². The highest BCUT2D eigenvalue weighted by Crippen LogP contribution is 2.24. The fourth-order valence-electron chi connectivity index (χ4n) is 3.70. The number of methoxy groups -OCH3 is 1. The Hall–Kier alpha value is -4.16. The molecule has 192 valence electrons. The van der Waals surface area contributed by atoms with E-state index in [4.69, 9.17) is 32.0 Å². The summed E-state index contributed by atoms with van der Waals surface area (Å²) in [6.45, 7) is -12.6. The van der Waals surface area contributed by atoms with Gasteiger partial charge in [-0.05, 0) is 36.4 Å². The Morgan fingerprint density at radius 1 is 1.05 bits per heavy atom. The van der Waals surface area contributed by atoms with E-state index in [1.807, 2.05) is 0 Å². The van der Waals surface area contributed by atoms with E-state index in [1.165, 1.54) is 46.8 Å². The lowest BCUT2D eigenvalue weighted by Crippen LogP contribution is -2.47. The molecule has 0 unspecified atom stereocenters. The van der Waals surface area contributed by atoms with Gasteiger partial charge < -0.3 is 24.5 Å². The van der Waals surface area contributed by atoms with Crippen LogP contribution >= 0.6 is 0 Å². The smallest absolute Gasteiger partial charge is 0.225 e. The van der Waals surface area contributed by atoms with Gasteiger partial charge >= 0.3 is 0 Å². The van der Waals surface area contributed by atoms with E-state index in [0.717, 1.165) is 0 Å². The van der Waals surface area contributed by atoms with Gasteiger partial charge in [-0.3, -0.25) is 4.90 Å². The van der Waals surface area contributed by atoms with Crippen LogP contribution in [-0.4, -0.2) is 87.1 Å². The van der Waals surface area contributed by atoms with Crippen LogP contribution in [0.4, 0.5) is 11.6 Å². The number of ether oxygens (including phenoxy) is 2. The summed E-state index contributed by atoms with van der Waals surface area (Å²) < 4.78 is 97.1. The lowest BCUT2D eigenvalue weighted by Gasteiger charge is -2.36. The molecule has 0 amide bonds. The zero-order valence-electron chi connectivity index (χ0n) is 28.7. The number of piperazine rings is 1. The molecule has 12 nitrogen and oxygen atoms in total. The van der Waals surface area contributed by atoms with Gasteiger partial charge in [0.15, 0.2) is 17.1 Å². The first-order valence-corrected chi connectivity index (χ1v) is 11.4. The Bertz CT molecular complexity index is 1850. The van der Waals surface area contributed by atoms with Gasteiger partial charge in [0.25, 0.3) is 0 Å². The third-order valence-electron chi connectivity index (χ3n) is 5.54. The summed E-state index contributed by atoms with van der Waals surface area (Å²) in [6, 6.07) is 8.89. The van der Waals surface area contributed by atoms with Crippen molar-refractivity contribution in [3.8, 4) is 17.3 Å². The number of benzene rings is 1. The van der Waals surface area contributed by atoms with E-state index in [0.29, 0.717) is 27.9 Å². The molecule has 4 aromatic heterocycles. The molecule has 1 aromatic carbocycles. The molecule has 12 heteroatoms. The van der Waals surface area contributed by atoms with Crippen LogP contribution in [0.15, 0.2) is 53.3 Å². The molecule has 0 saturated carbocycles. The Balaban J connectivity index is 1.33. The van der Waals surface area contributed by atoms with Crippen molar-refractivity contribution < 1.29 is 26.2 Å². The summed E-state index contributed by atoms with van der Waals surface area (Å²) in [5.41, 5.74) is 6.28. The fourth-order valence-corrected chi connectivity index (χ4v) is 3.70. The lowest BCUT2D eigenvalue weighted by atomic mass is 10.2. The lowest BCUT2D eigenvalue weighted by molar-refractivity contribution is 0.146. The molecule has 37 heavy (non-hydrogen) atoms. The highest BCUT2D eigenvalue weighted by atomic mass is 16.5. The van der Waals surface area contributed by atoms with E-state index >= 15 is 0 Å². The van der Waals surface area contributed by atoms with Crippen LogP contribution in [-0.2, 0) is 11.3 Å². The standard InChI is InChI=1S/C25H29N9O3/c1-35-15-16-36-19-6-4-18(5-7-19)32-11-8-31(9-12-32)10-13-33-23-20(17-27-33)24-28-22(21-3-2-14-37-21)30-34(24)25(26)29-23/h2-7,14,17H,8-13,15-16H2,1H3,(H2,26,29)/i8D2,9D2,11D2,12D2,17D. The molecule has 1 fully saturated rings. The summed E-state index contributed by atoms with van der Waals surface area (Å²) in [4.78, 5) is 9.70. The first-order valence-electron chi connectivity index (χ1n) is 15.9. The number of hydrogen-bond donors (Lipinski definition) is 1. The molecule has 6 rings (SSSR count).